The molecule has 1 aliphatic heterocycles. The van der Waals surface area contributed by atoms with Gasteiger partial charge in [-0.25, -0.2) is 0 Å². The van der Waals surface area contributed by atoms with Crippen molar-refractivity contribution >= 4 is 17.3 Å². The molecule has 0 amide bonds. The maximum Gasteiger partial charge on any atom is 0.196 e. The van der Waals surface area contributed by atoms with Gasteiger partial charge in [0, 0.05) is 5.69 Å². The SMILES string of the molecule is CC(=O)C1=C(O)c2ccc(-c3ccc(C)cc3)n2C2(CCCC2)C1=O. The third-order valence-electron chi connectivity index (χ3n) is 5.57. The third-order valence-corrected chi connectivity index (χ3v) is 5.57. The standard InChI is InChI=1S/C21H21NO3/c1-13-5-7-15(8-6-13)16-9-10-17-19(24)18(14(2)23)20(25)21(22(16)17)11-3-4-12-21/h5-10,24H,3-4,11-12H2,1-2H3. The second-order valence-corrected chi connectivity index (χ2v) is 7.15. The lowest BCUT2D eigenvalue weighted by atomic mass is 9.81. The van der Waals surface area contributed by atoms with Crippen molar-refractivity contribution in [2.24, 2.45) is 0 Å². The van der Waals surface area contributed by atoms with Gasteiger partial charge in [-0.3, -0.25) is 9.59 Å². The lowest BCUT2D eigenvalue weighted by molar-refractivity contribution is -0.126. The summed E-state index contributed by atoms with van der Waals surface area (Å²) >= 11 is 0. The number of Topliss-reactive ketones (excluding diaryl/α,β-unsaturated/α-hetero) is 2. The largest absolute Gasteiger partial charge is 0.505 e. The number of ketones is 2. The lowest BCUT2D eigenvalue weighted by Gasteiger charge is -2.37. The van der Waals surface area contributed by atoms with Crippen molar-refractivity contribution in [3.8, 4) is 11.3 Å². The molecule has 1 fully saturated rings. The van der Waals surface area contributed by atoms with Gasteiger partial charge in [0.2, 0.25) is 0 Å². The van der Waals surface area contributed by atoms with E-state index in [1.807, 2.05) is 47.9 Å². The van der Waals surface area contributed by atoms with Crippen LogP contribution in [0.4, 0.5) is 0 Å². The van der Waals surface area contributed by atoms with Crippen molar-refractivity contribution in [2.75, 3.05) is 0 Å². The molecule has 25 heavy (non-hydrogen) atoms. The zero-order valence-corrected chi connectivity index (χ0v) is 14.5. The minimum absolute atomic E-state index is 0.0389. The molecule has 0 bridgehead atoms. The monoisotopic (exact) mass is 335 g/mol. The van der Waals surface area contributed by atoms with Crippen molar-refractivity contribution in [1.29, 1.82) is 0 Å². The molecule has 2 aromatic rings. The van der Waals surface area contributed by atoms with Crippen LogP contribution in [-0.4, -0.2) is 21.2 Å². The molecule has 2 heterocycles. The normalized spacial score (nSPS) is 18.7. The highest BCUT2D eigenvalue weighted by molar-refractivity contribution is 6.27. The summed E-state index contributed by atoms with van der Waals surface area (Å²) in [7, 11) is 0. The predicted octanol–water partition coefficient (Wildman–Crippen LogP) is 4.17. The molecule has 0 saturated heterocycles. The van der Waals surface area contributed by atoms with Crippen molar-refractivity contribution in [1.82, 2.24) is 4.57 Å². The third kappa shape index (κ3) is 2.13. The number of aliphatic hydroxyl groups is 1. The Balaban J connectivity index is 2.01. The minimum Gasteiger partial charge on any atom is -0.505 e. The topological polar surface area (TPSA) is 59.3 Å². The molecule has 0 atom stereocenters. The van der Waals surface area contributed by atoms with E-state index < -0.39 is 5.54 Å². The van der Waals surface area contributed by atoms with Gasteiger partial charge in [0.25, 0.3) is 0 Å². The van der Waals surface area contributed by atoms with E-state index in [2.05, 4.69) is 0 Å². The molecular weight excluding hydrogens is 314 g/mol. The summed E-state index contributed by atoms with van der Waals surface area (Å²) in [6.07, 6.45) is 3.30. The number of nitrogens with zero attached hydrogens (tertiary/aromatic N) is 1. The first-order chi connectivity index (χ1) is 12.0. The first-order valence-electron chi connectivity index (χ1n) is 8.74. The highest BCUT2D eigenvalue weighted by Crippen LogP contribution is 2.47. The highest BCUT2D eigenvalue weighted by atomic mass is 16.3. The number of rotatable bonds is 2. The van der Waals surface area contributed by atoms with Gasteiger partial charge < -0.3 is 9.67 Å². The summed E-state index contributed by atoms with van der Waals surface area (Å²) in [5.74, 6) is -0.779. The van der Waals surface area contributed by atoms with Crippen LogP contribution in [0, 0.1) is 6.92 Å². The predicted molar refractivity (Wildman–Crippen MR) is 96.3 cm³/mol. The van der Waals surface area contributed by atoms with Crippen LogP contribution in [-0.2, 0) is 15.1 Å². The van der Waals surface area contributed by atoms with E-state index in [4.69, 9.17) is 0 Å². The number of aryl methyl sites for hydroxylation is 1. The Morgan fingerprint density at radius 3 is 2.24 bits per heavy atom. The van der Waals surface area contributed by atoms with E-state index in [0.717, 1.165) is 24.1 Å². The van der Waals surface area contributed by atoms with E-state index in [1.54, 1.807) is 0 Å². The van der Waals surface area contributed by atoms with Gasteiger partial charge in [0.05, 0.1) is 5.69 Å². The van der Waals surface area contributed by atoms with E-state index >= 15 is 0 Å². The molecule has 4 rings (SSSR count). The zero-order valence-electron chi connectivity index (χ0n) is 14.5. The number of hydrogen-bond donors (Lipinski definition) is 1. The Morgan fingerprint density at radius 1 is 1.04 bits per heavy atom. The van der Waals surface area contributed by atoms with Gasteiger partial charge in [-0.15, -0.1) is 0 Å². The maximum atomic E-state index is 13.2. The molecule has 128 valence electrons. The van der Waals surface area contributed by atoms with Gasteiger partial charge in [0.1, 0.15) is 11.1 Å². The average molecular weight is 335 g/mol. The Bertz CT molecular complexity index is 909. The van der Waals surface area contributed by atoms with Crippen molar-refractivity contribution in [3.63, 3.8) is 0 Å². The first kappa shape index (κ1) is 15.9. The smallest absolute Gasteiger partial charge is 0.196 e. The van der Waals surface area contributed by atoms with E-state index in [0.29, 0.717) is 18.5 Å². The lowest BCUT2D eigenvalue weighted by Crippen LogP contribution is -2.45. The number of fused-ring (bicyclic) bond motifs is 2. The molecule has 1 aliphatic carbocycles. The molecular formula is C21H21NO3. The fourth-order valence-corrected chi connectivity index (χ4v) is 4.34. The quantitative estimate of drug-likeness (QED) is 0.838. The summed E-state index contributed by atoms with van der Waals surface area (Å²) in [5, 5.41) is 10.6. The number of hydrogen-bond acceptors (Lipinski definition) is 3. The molecule has 1 spiro atoms. The molecule has 1 N–H and O–H groups in total. The van der Waals surface area contributed by atoms with Crippen LogP contribution in [0.15, 0.2) is 42.0 Å². The molecule has 1 aromatic heterocycles. The van der Waals surface area contributed by atoms with Crippen molar-refractivity contribution < 1.29 is 14.7 Å². The minimum atomic E-state index is -0.744. The molecule has 4 heteroatoms. The van der Waals surface area contributed by atoms with Crippen LogP contribution in [0.3, 0.4) is 0 Å². The van der Waals surface area contributed by atoms with Crippen molar-refractivity contribution in [2.45, 2.75) is 45.1 Å². The molecule has 4 nitrogen and oxygen atoms in total. The fraction of sp³-hybridized carbons (Fsp3) is 0.333. The van der Waals surface area contributed by atoms with Gasteiger partial charge in [-0.2, -0.15) is 0 Å². The molecule has 0 unspecified atom stereocenters. The van der Waals surface area contributed by atoms with E-state index in [9.17, 15) is 14.7 Å². The number of aromatic nitrogens is 1. The van der Waals surface area contributed by atoms with Crippen LogP contribution in [0.2, 0.25) is 0 Å². The van der Waals surface area contributed by atoms with Crippen LogP contribution < -0.4 is 0 Å². The summed E-state index contributed by atoms with van der Waals surface area (Å²) in [4.78, 5) is 25.3. The number of aliphatic hydroxyl groups excluding tert-OH is 1. The number of allylic oxidation sites excluding steroid dienone is 1. The van der Waals surface area contributed by atoms with Crippen LogP contribution in [0.25, 0.3) is 17.0 Å². The van der Waals surface area contributed by atoms with Gasteiger partial charge >= 0.3 is 0 Å². The number of benzene rings is 1. The van der Waals surface area contributed by atoms with Crippen LogP contribution in [0.1, 0.15) is 43.9 Å². The summed E-state index contributed by atoms with van der Waals surface area (Å²) in [6.45, 7) is 3.39. The van der Waals surface area contributed by atoms with E-state index in [1.165, 1.54) is 12.5 Å². The zero-order chi connectivity index (χ0) is 17.8. The summed E-state index contributed by atoms with van der Waals surface area (Å²) < 4.78 is 1.98. The fourth-order valence-electron chi connectivity index (χ4n) is 4.34. The Labute approximate surface area is 146 Å². The Morgan fingerprint density at radius 2 is 1.64 bits per heavy atom. The number of carbonyl (C=O) groups is 2. The molecule has 2 aliphatic rings. The Kier molecular flexibility index (Phi) is 3.46. The molecule has 1 saturated carbocycles. The summed E-state index contributed by atoms with van der Waals surface area (Å²) in [5.41, 5.74) is 2.88. The van der Waals surface area contributed by atoms with E-state index in [-0.39, 0.29) is 22.9 Å². The van der Waals surface area contributed by atoms with Gasteiger partial charge in [-0.05, 0) is 44.4 Å². The Hall–Kier alpha value is -2.62. The van der Waals surface area contributed by atoms with Crippen LogP contribution in [0.5, 0.6) is 0 Å². The van der Waals surface area contributed by atoms with Crippen molar-refractivity contribution in [3.05, 3.63) is 53.2 Å². The number of carbonyl (C=O) groups excluding carboxylic acids is 2. The second-order valence-electron chi connectivity index (χ2n) is 7.15. The first-order valence-corrected chi connectivity index (χ1v) is 8.74. The van der Waals surface area contributed by atoms with Gasteiger partial charge in [0.15, 0.2) is 17.3 Å². The molecule has 1 aromatic carbocycles. The van der Waals surface area contributed by atoms with Crippen LogP contribution >= 0.6 is 0 Å². The molecule has 0 radical (unpaired) electrons. The maximum absolute atomic E-state index is 13.2. The summed E-state index contributed by atoms with van der Waals surface area (Å²) in [6, 6.07) is 11.9. The average Bonchev–Trinajstić information content (AvgIpc) is 3.22. The second kappa shape index (κ2) is 5.45. The van der Waals surface area contributed by atoms with Gasteiger partial charge in [-0.1, -0.05) is 42.7 Å². The highest BCUT2D eigenvalue weighted by Gasteiger charge is 2.50.